The van der Waals surface area contributed by atoms with Gasteiger partial charge in [0.05, 0.1) is 0 Å². The number of nitrogens with one attached hydrogen (secondary N) is 2. The van der Waals surface area contributed by atoms with E-state index in [1.165, 1.54) is 24.8 Å². The summed E-state index contributed by atoms with van der Waals surface area (Å²) >= 11 is 0. The zero-order chi connectivity index (χ0) is 20.6. The number of hydrogen-bond acceptors (Lipinski definition) is 4. The summed E-state index contributed by atoms with van der Waals surface area (Å²) in [4.78, 5) is 37.9. The number of carbonyl (C=O) groups excluding carboxylic acids is 3. The summed E-state index contributed by atoms with van der Waals surface area (Å²) in [6, 6.07) is 0.122. The standard InChI is InChI=1S/C21H35N3O4/c1-21(2,3)28-20(27)22-12-9-19(26)24-13-10-17(11-14-24)23-18(25)15-16-7-5-4-6-8-16/h15,17H,4-14H2,1-3H3,(H,22,27)(H,23,25). The van der Waals surface area contributed by atoms with Gasteiger partial charge in [0, 0.05) is 38.2 Å². The van der Waals surface area contributed by atoms with Gasteiger partial charge in [0.15, 0.2) is 0 Å². The fraction of sp³-hybridized carbons (Fsp3) is 0.762. The molecule has 2 fully saturated rings. The van der Waals surface area contributed by atoms with Gasteiger partial charge in [-0.15, -0.1) is 0 Å². The number of carbonyl (C=O) groups is 3. The number of nitrogens with zero attached hydrogens (tertiary/aromatic N) is 1. The first kappa shape index (κ1) is 22.2. The number of ether oxygens (including phenoxy) is 1. The Morgan fingerprint density at radius 2 is 1.75 bits per heavy atom. The lowest BCUT2D eigenvalue weighted by Crippen LogP contribution is -2.46. The highest BCUT2D eigenvalue weighted by Gasteiger charge is 2.24. The minimum Gasteiger partial charge on any atom is -0.444 e. The number of amides is 3. The Balaban J connectivity index is 1.63. The molecule has 2 rings (SSSR count). The summed E-state index contributed by atoms with van der Waals surface area (Å²) in [5.41, 5.74) is 0.710. The van der Waals surface area contributed by atoms with E-state index in [1.807, 2.05) is 0 Å². The van der Waals surface area contributed by atoms with Crippen LogP contribution in [0.2, 0.25) is 0 Å². The third-order valence-electron chi connectivity index (χ3n) is 5.03. The average molecular weight is 394 g/mol. The number of piperidine rings is 1. The van der Waals surface area contributed by atoms with E-state index in [0.29, 0.717) is 13.1 Å². The largest absolute Gasteiger partial charge is 0.444 e. The molecule has 0 spiro atoms. The van der Waals surface area contributed by atoms with Gasteiger partial charge >= 0.3 is 6.09 Å². The molecule has 0 aromatic carbocycles. The smallest absolute Gasteiger partial charge is 0.407 e. The second-order valence-electron chi connectivity index (χ2n) is 8.71. The molecule has 0 unspecified atom stereocenters. The topological polar surface area (TPSA) is 87.7 Å². The third-order valence-corrected chi connectivity index (χ3v) is 5.03. The van der Waals surface area contributed by atoms with Crippen LogP contribution in [0.25, 0.3) is 0 Å². The summed E-state index contributed by atoms with van der Waals surface area (Å²) in [5, 5.41) is 5.69. The van der Waals surface area contributed by atoms with Gasteiger partial charge in [-0.1, -0.05) is 12.0 Å². The molecule has 7 nitrogen and oxygen atoms in total. The molecule has 158 valence electrons. The molecule has 0 bridgehead atoms. The van der Waals surface area contributed by atoms with Crippen LogP contribution in [-0.4, -0.2) is 54.1 Å². The van der Waals surface area contributed by atoms with E-state index in [0.717, 1.165) is 25.7 Å². The maximum absolute atomic E-state index is 12.3. The van der Waals surface area contributed by atoms with Gasteiger partial charge < -0.3 is 20.3 Å². The van der Waals surface area contributed by atoms with Crippen molar-refractivity contribution >= 4 is 17.9 Å². The number of hydrogen-bond donors (Lipinski definition) is 2. The fourth-order valence-corrected chi connectivity index (χ4v) is 3.60. The minimum absolute atomic E-state index is 0.00300. The molecular formula is C21H35N3O4. The van der Waals surface area contributed by atoms with Crippen molar-refractivity contribution in [3.05, 3.63) is 11.6 Å². The van der Waals surface area contributed by atoms with Crippen molar-refractivity contribution in [1.82, 2.24) is 15.5 Å². The van der Waals surface area contributed by atoms with Crippen molar-refractivity contribution in [2.24, 2.45) is 0 Å². The Bertz CT molecular complexity index is 579. The monoisotopic (exact) mass is 393 g/mol. The van der Waals surface area contributed by atoms with E-state index < -0.39 is 11.7 Å². The lowest BCUT2D eigenvalue weighted by Gasteiger charge is -2.32. The van der Waals surface area contributed by atoms with Gasteiger partial charge in [-0.25, -0.2) is 4.79 Å². The SMILES string of the molecule is CC(C)(C)OC(=O)NCCC(=O)N1CCC(NC(=O)C=C2CCCCC2)CC1. The maximum Gasteiger partial charge on any atom is 0.407 e. The van der Waals surface area contributed by atoms with Gasteiger partial charge in [-0.3, -0.25) is 9.59 Å². The molecule has 2 N–H and O–H groups in total. The summed E-state index contributed by atoms with van der Waals surface area (Å²) in [6.07, 6.45) is 8.76. The number of rotatable bonds is 5. The van der Waals surface area contributed by atoms with Crippen molar-refractivity contribution in [3.63, 3.8) is 0 Å². The number of likely N-dealkylation sites (tertiary alicyclic amines) is 1. The molecule has 3 amide bonds. The highest BCUT2D eigenvalue weighted by Crippen LogP contribution is 2.22. The van der Waals surface area contributed by atoms with E-state index >= 15 is 0 Å². The van der Waals surface area contributed by atoms with Crippen LogP contribution in [0.1, 0.15) is 72.1 Å². The predicted molar refractivity (Wildman–Crippen MR) is 108 cm³/mol. The van der Waals surface area contributed by atoms with E-state index in [9.17, 15) is 14.4 Å². The number of alkyl carbamates (subject to hydrolysis) is 1. The van der Waals surface area contributed by atoms with Gasteiger partial charge in [-0.05, 0) is 59.3 Å². The van der Waals surface area contributed by atoms with Gasteiger partial charge in [0.25, 0.3) is 0 Å². The molecule has 2 aliphatic rings. The Kier molecular flexibility index (Phi) is 8.33. The third kappa shape index (κ3) is 8.31. The van der Waals surface area contributed by atoms with Gasteiger partial charge in [0.2, 0.25) is 11.8 Å². The predicted octanol–water partition coefficient (Wildman–Crippen LogP) is 2.90. The maximum atomic E-state index is 12.3. The minimum atomic E-state index is -0.548. The van der Waals surface area contributed by atoms with Crippen molar-refractivity contribution in [2.75, 3.05) is 19.6 Å². The Labute approximate surface area is 168 Å². The summed E-state index contributed by atoms with van der Waals surface area (Å²) in [5.74, 6) is 0.0217. The first-order valence-electron chi connectivity index (χ1n) is 10.5. The Morgan fingerprint density at radius 3 is 2.36 bits per heavy atom. The highest BCUT2D eigenvalue weighted by atomic mass is 16.6. The lowest BCUT2D eigenvalue weighted by atomic mass is 9.94. The van der Waals surface area contributed by atoms with Crippen molar-refractivity contribution in [2.45, 2.75) is 83.8 Å². The normalized spacial score (nSPS) is 18.4. The molecule has 1 saturated heterocycles. The van der Waals surface area contributed by atoms with Gasteiger partial charge in [0.1, 0.15) is 5.60 Å². The van der Waals surface area contributed by atoms with Gasteiger partial charge in [-0.2, -0.15) is 0 Å². The second-order valence-corrected chi connectivity index (χ2v) is 8.71. The van der Waals surface area contributed by atoms with Crippen molar-refractivity contribution < 1.29 is 19.1 Å². The quantitative estimate of drug-likeness (QED) is 0.703. The summed E-state index contributed by atoms with van der Waals surface area (Å²) < 4.78 is 5.15. The zero-order valence-corrected chi connectivity index (χ0v) is 17.5. The average Bonchev–Trinajstić information content (AvgIpc) is 2.61. The first-order valence-corrected chi connectivity index (χ1v) is 10.5. The molecule has 1 saturated carbocycles. The van der Waals surface area contributed by atoms with Crippen molar-refractivity contribution in [1.29, 1.82) is 0 Å². The fourth-order valence-electron chi connectivity index (χ4n) is 3.60. The second kappa shape index (κ2) is 10.5. The first-order chi connectivity index (χ1) is 13.2. The van der Waals surface area contributed by atoms with Crippen LogP contribution in [0, 0.1) is 0 Å². The lowest BCUT2D eigenvalue weighted by molar-refractivity contribution is -0.132. The molecule has 1 heterocycles. The summed E-state index contributed by atoms with van der Waals surface area (Å²) in [6.45, 7) is 6.92. The molecule has 7 heteroatoms. The molecule has 1 aliphatic heterocycles. The highest BCUT2D eigenvalue weighted by molar-refractivity contribution is 5.88. The number of allylic oxidation sites excluding steroid dienone is 1. The Morgan fingerprint density at radius 1 is 1.11 bits per heavy atom. The molecule has 0 radical (unpaired) electrons. The van der Waals surface area contributed by atoms with Crippen LogP contribution in [0.15, 0.2) is 11.6 Å². The Hall–Kier alpha value is -2.05. The molecule has 1 aliphatic carbocycles. The van der Waals surface area contributed by atoms with Crippen LogP contribution < -0.4 is 10.6 Å². The van der Waals surface area contributed by atoms with Crippen LogP contribution >= 0.6 is 0 Å². The van der Waals surface area contributed by atoms with Crippen molar-refractivity contribution in [3.8, 4) is 0 Å². The molecule has 0 aromatic rings. The van der Waals surface area contributed by atoms with Crippen LogP contribution in [0.4, 0.5) is 4.79 Å². The van der Waals surface area contributed by atoms with E-state index in [1.54, 1.807) is 31.7 Å². The molecule has 28 heavy (non-hydrogen) atoms. The van der Waals surface area contributed by atoms with E-state index in [2.05, 4.69) is 10.6 Å². The molecule has 0 aromatic heterocycles. The molecular weight excluding hydrogens is 358 g/mol. The van der Waals surface area contributed by atoms with E-state index in [4.69, 9.17) is 4.74 Å². The van der Waals surface area contributed by atoms with Crippen LogP contribution in [-0.2, 0) is 14.3 Å². The van der Waals surface area contributed by atoms with Crippen LogP contribution in [0.5, 0.6) is 0 Å². The van der Waals surface area contributed by atoms with E-state index in [-0.39, 0.29) is 30.8 Å². The van der Waals surface area contributed by atoms with Crippen LogP contribution in [0.3, 0.4) is 0 Å². The summed E-state index contributed by atoms with van der Waals surface area (Å²) in [7, 11) is 0. The zero-order valence-electron chi connectivity index (χ0n) is 17.5. The molecule has 0 atom stereocenters.